The maximum absolute atomic E-state index is 14.9. The van der Waals surface area contributed by atoms with Crippen molar-refractivity contribution in [3.8, 4) is 22.4 Å². The van der Waals surface area contributed by atoms with Crippen LogP contribution in [0.5, 0.6) is 0 Å². The maximum Gasteiger partial charge on any atom is 0.132 e. The molecule has 1 aliphatic heterocycles. The van der Waals surface area contributed by atoms with Crippen molar-refractivity contribution in [2.75, 3.05) is 36.5 Å². The summed E-state index contributed by atoms with van der Waals surface area (Å²) in [6, 6.07) is 25.3. The number of aromatic nitrogens is 2. The fourth-order valence-electron chi connectivity index (χ4n) is 4.96. The number of hydrogen-bond donors (Lipinski definition) is 1. The first-order valence-electron chi connectivity index (χ1n) is 12.5. The van der Waals surface area contributed by atoms with Crippen LogP contribution >= 0.6 is 0 Å². The Morgan fingerprint density at radius 1 is 0.865 bits per heavy atom. The monoisotopic (exact) mass is 490 g/mol. The summed E-state index contributed by atoms with van der Waals surface area (Å²) in [6.07, 6.45) is 3.61. The number of fused-ring (bicyclic) bond motifs is 1. The van der Waals surface area contributed by atoms with E-state index < -0.39 is 0 Å². The molecule has 0 spiro atoms. The Bertz CT molecular complexity index is 1570. The van der Waals surface area contributed by atoms with Gasteiger partial charge in [-0.25, -0.2) is 9.37 Å². The average Bonchev–Trinajstić information content (AvgIpc) is 2.96. The molecule has 0 aliphatic carbocycles. The summed E-state index contributed by atoms with van der Waals surface area (Å²) < 4.78 is 20.5. The minimum atomic E-state index is -0.284. The van der Waals surface area contributed by atoms with Crippen molar-refractivity contribution in [2.45, 2.75) is 6.92 Å². The van der Waals surface area contributed by atoms with Crippen LogP contribution in [0.25, 0.3) is 33.3 Å². The van der Waals surface area contributed by atoms with Crippen molar-refractivity contribution in [1.82, 2.24) is 9.97 Å². The molecule has 3 heterocycles. The van der Waals surface area contributed by atoms with E-state index in [1.54, 1.807) is 24.5 Å². The fraction of sp³-hybridized carbons (Fsp3) is 0.161. The fourth-order valence-corrected chi connectivity index (χ4v) is 4.96. The Morgan fingerprint density at radius 3 is 2.43 bits per heavy atom. The summed E-state index contributed by atoms with van der Waals surface area (Å²) in [5, 5.41) is 4.75. The standard InChI is InChI=1S/C31H27FN4O/c1-21-30(24-6-2-4-8-26(24)32)34-27-9-5-3-7-25(27)31(21)35-28-20-23(22-12-14-33-15-13-22)10-11-29(28)36-16-18-37-19-17-36/h2-15,20H,16-19H2,1H3,(H,34,35). The third-order valence-electron chi connectivity index (χ3n) is 6.89. The highest BCUT2D eigenvalue weighted by Gasteiger charge is 2.20. The van der Waals surface area contributed by atoms with Crippen LogP contribution in [-0.2, 0) is 4.74 Å². The second-order valence-electron chi connectivity index (χ2n) is 9.15. The zero-order chi connectivity index (χ0) is 25.2. The first-order chi connectivity index (χ1) is 18.2. The molecular weight excluding hydrogens is 463 g/mol. The Morgan fingerprint density at radius 2 is 1.62 bits per heavy atom. The number of nitrogens with one attached hydrogen (secondary N) is 1. The van der Waals surface area contributed by atoms with Gasteiger partial charge < -0.3 is 15.0 Å². The highest BCUT2D eigenvalue weighted by atomic mass is 19.1. The molecule has 2 aromatic heterocycles. The zero-order valence-corrected chi connectivity index (χ0v) is 20.6. The summed E-state index contributed by atoms with van der Waals surface area (Å²) in [5.41, 5.74) is 8.03. The van der Waals surface area contributed by atoms with E-state index in [9.17, 15) is 4.39 Å². The van der Waals surface area contributed by atoms with Gasteiger partial charge in [-0.1, -0.05) is 36.4 Å². The summed E-state index contributed by atoms with van der Waals surface area (Å²) in [7, 11) is 0. The molecule has 0 saturated carbocycles. The second kappa shape index (κ2) is 9.99. The summed E-state index contributed by atoms with van der Waals surface area (Å²) in [6.45, 7) is 5.03. The molecule has 37 heavy (non-hydrogen) atoms. The predicted octanol–water partition coefficient (Wildman–Crippen LogP) is 6.99. The van der Waals surface area contributed by atoms with Gasteiger partial charge in [0, 0.05) is 36.4 Å². The third-order valence-corrected chi connectivity index (χ3v) is 6.89. The Kier molecular flexibility index (Phi) is 6.25. The zero-order valence-electron chi connectivity index (χ0n) is 20.6. The molecule has 1 fully saturated rings. The number of ether oxygens (including phenoxy) is 1. The molecule has 6 rings (SSSR count). The molecule has 6 heteroatoms. The van der Waals surface area contributed by atoms with Crippen LogP contribution in [0, 0.1) is 12.7 Å². The van der Waals surface area contributed by atoms with Crippen LogP contribution in [0.15, 0.2) is 91.3 Å². The van der Waals surface area contributed by atoms with Crippen LogP contribution in [0.1, 0.15) is 5.56 Å². The third kappa shape index (κ3) is 4.52. The van der Waals surface area contributed by atoms with E-state index in [1.807, 2.05) is 43.3 Å². The van der Waals surface area contributed by atoms with Crippen LogP contribution in [0.3, 0.4) is 0 Å². The quantitative estimate of drug-likeness (QED) is 0.288. The Balaban J connectivity index is 1.53. The van der Waals surface area contributed by atoms with Crippen LogP contribution < -0.4 is 10.2 Å². The second-order valence-corrected chi connectivity index (χ2v) is 9.15. The van der Waals surface area contributed by atoms with Crippen LogP contribution in [0.4, 0.5) is 21.5 Å². The van der Waals surface area contributed by atoms with Gasteiger partial charge in [0.25, 0.3) is 0 Å². The molecule has 3 aromatic carbocycles. The van der Waals surface area contributed by atoms with Crippen molar-refractivity contribution in [3.05, 3.63) is 103 Å². The number of anilines is 3. The summed E-state index contributed by atoms with van der Waals surface area (Å²) in [5.74, 6) is -0.284. The number of pyridine rings is 2. The Hall–Kier alpha value is -4.29. The molecule has 0 unspecified atom stereocenters. The number of rotatable bonds is 5. The molecule has 0 bridgehead atoms. The van der Waals surface area contributed by atoms with Crippen LogP contribution in [-0.4, -0.2) is 36.3 Å². The van der Waals surface area contributed by atoms with Gasteiger partial charge >= 0.3 is 0 Å². The van der Waals surface area contributed by atoms with Gasteiger partial charge in [0.1, 0.15) is 5.82 Å². The van der Waals surface area contributed by atoms with Gasteiger partial charge in [-0.3, -0.25) is 4.98 Å². The largest absolute Gasteiger partial charge is 0.378 e. The molecule has 0 amide bonds. The molecule has 5 nitrogen and oxygen atoms in total. The highest BCUT2D eigenvalue weighted by Crippen LogP contribution is 2.39. The molecule has 184 valence electrons. The van der Waals surface area contributed by atoms with E-state index in [0.717, 1.165) is 57.7 Å². The first kappa shape index (κ1) is 23.1. The molecule has 5 aromatic rings. The van der Waals surface area contributed by atoms with Gasteiger partial charge in [0.15, 0.2) is 0 Å². The van der Waals surface area contributed by atoms with E-state index >= 15 is 0 Å². The molecule has 1 N–H and O–H groups in total. The number of hydrogen-bond acceptors (Lipinski definition) is 5. The number of para-hydroxylation sites is 1. The van der Waals surface area contributed by atoms with E-state index in [-0.39, 0.29) is 5.82 Å². The molecular formula is C31H27FN4O. The van der Waals surface area contributed by atoms with Crippen molar-refractivity contribution >= 4 is 28.0 Å². The highest BCUT2D eigenvalue weighted by molar-refractivity contribution is 5.99. The lowest BCUT2D eigenvalue weighted by Gasteiger charge is -2.31. The minimum absolute atomic E-state index is 0.284. The average molecular weight is 491 g/mol. The van der Waals surface area contributed by atoms with Crippen molar-refractivity contribution < 1.29 is 9.13 Å². The van der Waals surface area contributed by atoms with Crippen molar-refractivity contribution in [2.24, 2.45) is 0 Å². The van der Waals surface area contributed by atoms with Gasteiger partial charge in [-0.05, 0) is 66.1 Å². The van der Waals surface area contributed by atoms with Gasteiger partial charge in [-0.15, -0.1) is 0 Å². The van der Waals surface area contributed by atoms with Crippen molar-refractivity contribution in [1.29, 1.82) is 0 Å². The van der Waals surface area contributed by atoms with Gasteiger partial charge in [0.2, 0.25) is 0 Å². The lowest BCUT2D eigenvalue weighted by molar-refractivity contribution is 0.123. The molecule has 0 radical (unpaired) electrons. The van der Waals surface area contributed by atoms with E-state index in [0.29, 0.717) is 24.5 Å². The normalized spacial score (nSPS) is 13.6. The SMILES string of the molecule is Cc1c(-c2ccccc2F)nc2ccccc2c1Nc1cc(-c2ccncc2)ccc1N1CCOCC1. The lowest BCUT2D eigenvalue weighted by Crippen LogP contribution is -2.36. The molecule has 1 saturated heterocycles. The number of nitrogens with zero attached hydrogens (tertiary/aromatic N) is 3. The Labute approximate surface area is 215 Å². The van der Waals surface area contributed by atoms with Gasteiger partial charge in [0.05, 0.1) is 41.5 Å². The maximum atomic E-state index is 14.9. The lowest BCUT2D eigenvalue weighted by atomic mass is 10.00. The smallest absolute Gasteiger partial charge is 0.132 e. The van der Waals surface area contributed by atoms with E-state index in [2.05, 4.69) is 39.5 Å². The molecule has 1 aliphatic rings. The number of benzene rings is 3. The first-order valence-corrected chi connectivity index (χ1v) is 12.5. The van der Waals surface area contributed by atoms with Crippen LogP contribution in [0.2, 0.25) is 0 Å². The summed E-state index contributed by atoms with van der Waals surface area (Å²) in [4.78, 5) is 11.4. The summed E-state index contributed by atoms with van der Waals surface area (Å²) >= 11 is 0. The van der Waals surface area contributed by atoms with E-state index in [1.165, 1.54) is 6.07 Å². The predicted molar refractivity (Wildman–Crippen MR) is 148 cm³/mol. The molecule has 0 atom stereocenters. The van der Waals surface area contributed by atoms with Crippen molar-refractivity contribution in [3.63, 3.8) is 0 Å². The number of halogens is 1. The van der Waals surface area contributed by atoms with E-state index in [4.69, 9.17) is 9.72 Å². The topological polar surface area (TPSA) is 50.3 Å². The minimum Gasteiger partial charge on any atom is -0.378 e. The van der Waals surface area contributed by atoms with Gasteiger partial charge in [-0.2, -0.15) is 0 Å². The number of morpholine rings is 1.